The molecular formula is C28H35F3N10O4S2. The minimum atomic E-state index is -4.66. The van der Waals surface area contributed by atoms with Gasteiger partial charge in [0.25, 0.3) is 10.0 Å². The number of hydrogen-bond donors (Lipinski definition) is 3. The predicted octanol–water partition coefficient (Wildman–Crippen LogP) is 3.74. The number of aromatic nitrogens is 5. The number of carboxylic acid groups (broad SMARTS) is 1. The number of sulfonamides is 1. The van der Waals surface area contributed by atoms with Crippen molar-refractivity contribution in [2.45, 2.75) is 36.8 Å². The van der Waals surface area contributed by atoms with E-state index in [2.05, 4.69) is 35.6 Å². The van der Waals surface area contributed by atoms with Crippen molar-refractivity contribution in [3.8, 4) is 11.1 Å². The Balaban J connectivity index is 1.28. The van der Waals surface area contributed by atoms with Gasteiger partial charge in [0, 0.05) is 68.0 Å². The molecule has 14 nitrogen and oxygen atoms in total. The first-order valence-electron chi connectivity index (χ1n) is 14.6. The smallest absolute Gasteiger partial charge is 0.435 e. The molecule has 0 spiro atoms. The molecule has 4 heterocycles. The molecule has 1 aromatic carbocycles. The summed E-state index contributed by atoms with van der Waals surface area (Å²) in [4.78, 5) is 27.7. The Morgan fingerprint density at radius 3 is 2.53 bits per heavy atom. The zero-order chi connectivity index (χ0) is 34.1. The average Bonchev–Trinajstić information content (AvgIpc) is 3.59. The van der Waals surface area contributed by atoms with Crippen LogP contribution in [0.5, 0.6) is 0 Å². The standard InChI is InChI=1S/C28H35F3N10O4S2/c1-17(14-39-9-12-41(13-10-39)47(44,45)25-18(2)35-26(46-25)36-27(42)43)34-24-20-7-5-6-19(22(20)32-16-33-24)21-15-40(11-8-38(3)4)37-23(21)28(29,30)31/h5-7,15-17H,8-14H2,1-4H3,(H,35,36)(H,42,43)(H,32,33,34). The normalized spacial score (nSPS) is 15.7. The number of para-hydroxylation sites is 1. The van der Waals surface area contributed by atoms with Crippen molar-refractivity contribution in [2.24, 2.45) is 0 Å². The molecule has 4 aromatic rings. The largest absolute Gasteiger partial charge is 0.465 e. The molecule has 1 fully saturated rings. The maximum atomic E-state index is 14.1. The highest BCUT2D eigenvalue weighted by molar-refractivity contribution is 7.91. The summed E-state index contributed by atoms with van der Waals surface area (Å²) in [5.41, 5.74) is -0.159. The second-order valence-electron chi connectivity index (χ2n) is 11.5. The van der Waals surface area contributed by atoms with Crippen LogP contribution in [-0.4, -0.2) is 118 Å². The number of anilines is 2. The number of halogens is 3. The minimum absolute atomic E-state index is 0.00279. The maximum absolute atomic E-state index is 14.1. The van der Waals surface area contributed by atoms with Gasteiger partial charge in [0.15, 0.2) is 15.0 Å². The highest BCUT2D eigenvalue weighted by atomic mass is 32.2. The fourth-order valence-electron chi connectivity index (χ4n) is 5.37. The number of likely N-dealkylation sites (N-methyl/N-ethyl adjacent to an activating group) is 1. The van der Waals surface area contributed by atoms with Crippen LogP contribution in [0, 0.1) is 6.92 Å². The number of fused-ring (bicyclic) bond motifs is 1. The van der Waals surface area contributed by atoms with Crippen molar-refractivity contribution in [1.82, 2.24) is 38.8 Å². The lowest BCUT2D eigenvalue weighted by atomic mass is 10.0. The number of hydrogen-bond acceptors (Lipinski definition) is 11. The van der Waals surface area contributed by atoms with Gasteiger partial charge in [-0.15, -0.1) is 0 Å². The van der Waals surface area contributed by atoms with Crippen LogP contribution < -0.4 is 10.6 Å². The first-order chi connectivity index (χ1) is 22.1. The van der Waals surface area contributed by atoms with Crippen molar-refractivity contribution in [3.63, 3.8) is 0 Å². The topological polar surface area (TPSA) is 162 Å². The fraction of sp³-hybridized carbons (Fsp3) is 0.464. The molecule has 1 saturated heterocycles. The third kappa shape index (κ3) is 7.81. The maximum Gasteiger partial charge on any atom is 0.435 e. The number of amides is 1. The molecule has 1 aliphatic heterocycles. The molecule has 47 heavy (non-hydrogen) atoms. The summed E-state index contributed by atoms with van der Waals surface area (Å²) < 4.78 is 71.4. The molecule has 0 aliphatic carbocycles. The second kappa shape index (κ2) is 13.7. The van der Waals surface area contributed by atoms with E-state index in [0.717, 1.165) is 11.3 Å². The van der Waals surface area contributed by atoms with Gasteiger partial charge in [0.05, 0.1) is 17.8 Å². The highest BCUT2D eigenvalue weighted by Crippen LogP contribution is 2.39. The van der Waals surface area contributed by atoms with Gasteiger partial charge < -0.3 is 15.3 Å². The van der Waals surface area contributed by atoms with Crippen LogP contribution in [0.4, 0.5) is 28.9 Å². The summed E-state index contributed by atoms with van der Waals surface area (Å²) >= 11 is 0.777. The summed E-state index contributed by atoms with van der Waals surface area (Å²) in [6.45, 7) is 6.19. The molecule has 3 N–H and O–H groups in total. The Hall–Kier alpha value is -3.91. The number of benzene rings is 1. The van der Waals surface area contributed by atoms with Crippen LogP contribution in [0.25, 0.3) is 22.0 Å². The van der Waals surface area contributed by atoms with Crippen molar-refractivity contribution in [2.75, 3.05) is 64.0 Å². The van der Waals surface area contributed by atoms with E-state index in [9.17, 15) is 26.4 Å². The minimum Gasteiger partial charge on any atom is -0.465 e. The van der Waals surface area contributed by atoms with Gasteiger partial charge in [0.2, 0.25) is 0 Å². The summed E-state index contributed by atoms with van der Waals surface area (Å²) in [5.74, 6) is 0.463. The summed E-state index contributed by atoms with van der Waals surface area (Å²) in [6.07, 6.45) is -3.27. The number of nitrogens with one attached hydrogen (secondary N) is 2. The Kier molecular flexibility index (Phi) is 10.0. The van der Waals surface area contributed by atoms with Crippen LogP contribution in [0.1, 0.15) is 18.3 Å². The monoisotopic (exact) mass is 696 g/mol. The summed E-state index contributed by atoms with van der Waals surface area (Å²) in [7, 11) is -0.189. The molecule has 254 valence electrons. The molecule has 0 radical (unpaired) electrons. The lowest BCUT2D eigenvalue weighted by Crippen LogP contribution is -2.50. The third-order valence-electron chi connectivity index (χ3n) is 7.55. The van der Waals surface area contributed by atoms with Gasteiger partial charge in [-0.05, 0) is 34.0 Å². The number of nitrogens with zero attached hydrogens (tertiary/aromatic N) is 8. The zero-order valence-electron chi connectivity index (χ0n) is 26.1. The van der Waals surface area contributed by atoms with E-state index in [1.165, 1.54) is 28.4 Å². The lowest BCUT2D eigenvalue weighted by molar-refractivity contribution is -0.141. The number of aryl methyl sites for hydroxylation is 1. The van der Waals surface area contributed by atoms with Crippen molar-refractivity contribution >= 4 is 49.3 Å². The van der Waals surface area contributed by atoms with Gasteiger partial charge in [-0.25, -0.2) is 28.2 Å². The lowest BCUT2D eigenvalue weighted by Gasteiger charge is -2.35. The SMILES string of the molecule is Cc1nc(NC(=O)O)sc1S(=O)(=O)N1CCN(CC(C)Nc2ncnc3c(-c4cn(CCN(C)C)nc4C(F)(F)F)cccc23)CC1. The molecular weight excluding hydrogens is 662 g/mol. The highest BCUT2D eigenvalue weighted by Gasteiger charge is 2.38. The van der Waals surface area contributed by atoms with Gasteiger partial charge in [-0.1, -0.05) is 23.5 Å². The van der Waals surface area contributed by atoms with Crippen LogP contribution in [0.2, 0.25) is 0 Å². The third-order valence-corrected chi connectivity index (χ3v) is 11.1. The van der Waals surface area contributed by atoms with Crippen molar-refractivity contribution in [1.29, 1.82) is 0 Å². The van der Waals surface area contributed by atoms with Gasteiger partial charge in [-0.3, -0.25) is 14.9 Å². The van der Waals surface area contributed by atoms with Gasteiger partial charge in [-0.2, -0.15) is 22.6 Å². The van der Waals surface area contributed by atoms with Crippen LogP contribution in [0.15, 0.2) is 34.9 Å². The number of carbonyl (C=O) groups is 1. The number of thiazole rings is 1. The molecule has 1 unspecified atom stereocenters. The summed E-state index contributed by atoms with van der Waals surface area (Å²) in [5, 5.41) is 18.8. The second-order valence-corrected chi connectivity index (χ2v) is 14.6. The Bertz CT molecular complexity index is 1850. The van der Waals surface area contributed by atoms with E-state index in [-0.39, 0.29) is 46.3 Å². The van der Waals surface area contributed by atoms with E-state index >= 15 is 0 Å². The molecule has 5 rings (SSSR count). The van der Waals surface area contributed by atoms with E-state index in [0.29, 0.717) is 48.5 Å². The van der Waals surface area contributed by atoms with Crippen molar-refractivity contribution in [3.05, 3.63) is 42.1 Å². The molecule has 1 aliphatic rings. The molecule has 1 amide bonds. The van der Waals surface area contributed by atoms with E-state index in [1.54, 1.807) is 18.2 Å². The Labute approximate surface area is 273 Å². The van der Waals surface area contributed by atoms with Crippen LogP contribution in [-0.2, 0) is 22.7 Å². The number of piperazine rings is 1. The fourth-order valence-corrected chi connectivity index (χ4v) is 8.33. The predicted molar refractivity (Wildman–Crippen MR) is 171 cm³/mol. The molecule has 3 aromatic heterocycles. The quantitative estimate of drug-likeness (QED) is 0.210. The number of alkyl halides is 3. The molecule has 1 atom stereocenters. The van der Waals surface area contributed by atoms with Crippen LogP contribution >= 0.6 is 11.3 Å². The first kappa shape index (κ1) is 34.4. The Morgan fingerprint density at radius 1 is 1.15 bits per heavy atom. The van der Waals surface area contributed by atoms with E-state index in [1.807, 2.05) is 25.9 Å². The number of rotatable bonds is 11. The van der Waals surface area contributed by atoms with Crippen LogP contribution in [0.3, 0.4) is 0 Å². The Morgan fingerprint density at radius 2 is 1.87 bits per heavy atom. The average molecular weight is 697 g/mol. The van der Waals surface area contributed by atoms with E-state index < -0.39 is 28.0 Å². The summed E-state index contributed by atoms with van der Waals surface area (Å²) in [6, 6.07) is 4.85. The van der Waals surface area contributed by atoms with E-state index in [4.69, 9.17) is 5.11 Å². The molecule has 19 heteroatoms. The molecule has 0 bridgehead atoms. The zero-order valence-corrected chi connectivity index (χ0v) is 27.7. The van der Waals surface area contributed by atoms with Gasteiger partial charge in [0.1, 0.15) is 12.1 Å². The van der Waals surface area contributed by atoms with Crippen molar-refractivity contribution < 1.29 is 31.5 Å². The first-order valence-corrected chi connectivity index (χ1v) is 16.9. The molecule has 0 saturated carbocycles. The van der Waals surface area contributed by atoms with Gasteiger partial charge >= 0.3 is 12.3 Å².